The Morgan fingerprint density at radius 2 is 2.12 bits per heavy atom. The van der Waals surface area contributed by atoms with Gasteiger partial charge in [0.05, 0.1) is 17.7 Å². The Bertz CT molecular complexity index is 1330. The quantitative estimate of drug-likeness (QED) is 0.325. The van der Waals surface area contributed by atoms with Gasteiger partial charge >= 0.3 is 0 Å². The predicted molar refractivity (Wildman–Crippen MR) is 119 cm³/mol. The number of carbonyl (C=O) groups is 1. The molecule has 1 aliphatic carbocycles. The summed E-state index contributed by atoms with van der Waals surface area (Å²) in [5.41, 5.74) is 0.101. The van der Waals surface area contributed by atoms with Gasteiger partial charge in [-0.2, -0.15) is 5.10 Å². The van der Waals surface area contributed by atoms with E-state index in [2.05, 4.69) is 15.1 Å². The number of nitrogens with zero attached hydrogens (tertiary/aromatic N) is 3. The van der Waals surface area contributed by atoms with Crippen LogP contribution in [-0.4, -0.2) is 35.1 Å². The molecule has 0 bridgehead atoms. The van der Waals surface area contributed by atoms with Crippen molar-refractivity contribution < 1.29 is 27.3 Å². The fourth-order valence-electron chi connectivity index (χ4n) is 3.25. The summed E-state index contributed by atoms with van der Waals surface area (Å²) in [6.07, 6.45) is 2.89. The molecule has 34 heavy (non-hydrogen) atoms. The fraction of sp³-hybridized carbons (Fsp3) is 0.333. The van der Waals surface area contributed by atoms with Crippen molar-refractivity contribution in [3.63, 3.8) is 0 Å². The van der Waals surface area contributed by atoms with Crippen molar-refractivity contribution in [3.05, 3.63) is 63.7 Å². The van der Waals surface area contributed by atoms with E-state index in [4.69, 9.17) is 9.15 Å². The van der Waals surface area contributed by atoms with E-state index in [-0.39, 0.29) is 40.5 Å². The van der Waals surface area contributed by atoms with Gasteiger partial charge in [0.1, 0.15) is 16.4 Å². The van der Waals surface area contributed by atoms with E-state index in [0.29, 0.717) is 30.7 Å². The molecule has 2 aromatic heterocycles. The van der Waals surface area contributed by atoms with Crippen LogP contribution < -0.4 is 14.8 Å². The highest BCUT2D eigenvalue weighted by molar-refractivity contribution is 7.89. The molecule has 0 unspecified atom stereocenters. The average molecular weight is 490 g/mol. The van der Waals surface area contributed by atoms with Crippen LogP contribution in [0.5, 0.6) is 11.6 Å². The minimum absolute atomic E-state index is 0.103. The lowest BCUT2D eigenvalue weighted by atomic mass is 10.2. The number of amides is 1. The van der Waals surface area contributed by atoms with E-state index in [0.717, 1.165) is 12.1 Å². The molecule has 0 saturated heterocycles. The van der Waals surface area contributed by atoms with Gasteiger partial charge in [-0.3, -0.25) is 14.9 Å². The van der Waals surface area contributed by atoms with Gasteiger partial charge in [0.2, 0.25) is 15.9 Å². The Labute approximate surface area is 195 Å². The van der Waals surface area contributed by atoms with Gasteiger partial charge in [-0.25, -0.2) is 17.8 Å². The van der Waals surface area contributed by atoms with Crippen LogP contribution in [0.1, 0.15) is 41.6 Å². The Morgan fingerprint density at radius 3 is 2.74 bits per heavy atom. The molecule has 2 heterocycles. The summed E-state index contributed by atoms with van der Waals surface area (Å²) in [4.78, 5) is 22.9. The molecule has 1 amide bonds. The zero-order chi connectivity index (χ0) is 24.5. The van der Waals surface area contributed by atoms with Crippen molar-refractivity contribution >= 4 is 21.6 Å². The predicted octanol–water partition coefficient (Wildman–Crippen LogP) is 2.88. The molecule has 0 aliphatic heterocycles. The third-order valence-electron chi connectivity index (χ3n) is 5.18. The maximum Gasteiger partial charge on any atom is 0.272 e. The van der Waals surface area contributed by atoms with Crippen molar-refractivity contribution in [2.75, 3.05) is 0 Å². The van der Waals surface area contributed by atoms with Crippen molar-refractivity contribution in [2.24, 2.45) is 0 Å². The molecule has 180 valence electrons. The first-order valence-corrected chi connectivity index (χ1v) is 12.0. The number of nitro groups is 1. The molecule has 0 radical (unpaired) electrons. The molecule has 0 atom stereocenters. The third kappa shape index (κ3) is 4.94. The third-order valence-corrected chi connectivity index (χ3v) is 6.72. The van der Waals surface area contributed by atoms with Crippen molar-refractivity contribution in [1.82, 2.24) is 19.8 Å². The molecule has 2 N–H and O–H groups in total. The number of rotatable bonds is 10. The topological polar surface area (TPSA) is 159 Å². The van der Waals surface area contributed by atoms with Crippen LogP contribution in [-0.2, 0) is 23.1 Å². The molecule has 1 aromatic carbocycles. The number of benzene rings is 1. The summed E-state index contributed by atoms with van der Waals surface area (Å²) in [5.74, 6) is 0.153. The van der Waals surface area contributed by atoms with E-state index < -0.39 is 20.9 Å². The summed E-state index contributed by atoms with van der Waals surface area (Å²) in [6.45, 7) is 3.90. The maximum atomic E-state index is 12.9. The minimum Gasteiger partial charge on any atom is -0.467 e. The number of aryl methyl sites for hydroxylation is 1. The first kappa shape index (κ1) is 23.4. The monoisotopic (exact) mass is 489 g/mol. The second-order valence-electron chi connectivity index (χ2n) is 7.74. The highest BCUT2D eigenvalue weighted by Crippen LogP contribution is 2.35. The number of sulfonamides is 1. The van der Waals surface area contributed by atoms with Gasteiger partial charge in [0, 0.05) is 30.3 Å². The SMILES string of the molecule is CCn1nc(C(=O)NCc2ccco2)c(C)c1Oc1ccc([N+](=O)[O-])cc1S(=O)(=O)NC1CC1. The fourth-order valence-corrected chi connectivity index (χ4v) is 4.70. The van der Waals surface area contributed by atoms with E-state index in [1.165, 1.54) is 17.0 Å². The molecule has 4 rings (SSSR count). The van der Waals surface area contributed by atoms with E-state index >= 15 is 0 Å². The Kier molecular flexibility index (Phi) is 6.39. The first-order chi connectivity index (χ1) is 16.2. The molecular weight excluding hydrogens is 466 g/mol. The number of aromatic nitrogens is 2. The molecule has 1 saturated carbocycles. The number of nitrogens with one attached hydrogen (secondary N) is 2. The number of furan rings is 1. The van der Waals surface area contributed by atoms with Gasteiger partial charge in [-0.05, 0) is 44.9 Å². The Balaban J connectivity index is 1.66. The van der Waals surface area contributed by atoms with Crippen LogP contribution in [0.3, 0.4) is 0 Å². The Hall–Kier alpha value is -3.71. The summed E-state index contributed by atoms with van der Waals surface area (Å²) in [6, 6.07) is 6.56. The van der Waals surface area contributed by atoms with Gasteiger partial charge < -0.3 is 14.5 Å². The molecule has 1 aliphatic rings. The van der Waals surface area contributed by atoms with Crippen LogP contribution in [0.4, 0.5) is 5.69 Å². The van der Waals surface area contributed by atoms with Gasteiger partial charge in [0.15, 0.2) is 5.69 Å². The summed E-state index contributed by atoms with van der Waals surface area (Å²) in [5, 5.41) is 18.3. The largest absolute Gasteiger partial charge is 0.467 e. The zero-order valence-electron chi connectivity index (χ0n) is 18.5. The van der Waals surface area contributed by atoms with Crippen LogP contribution >= 0.6 is 0 Å². The number of carbonyl (C=O) groups excluding carboxylic acids is 1. The number of non-ortho nitro benzene ring substituents is 1. The van der Waals surface area contributed by atoms with Crippen LogP contribution in [0, 0.1) is 17.0 Å². The van der Waals surface area contributed by atoms with Crippen LogP contribution in [0.25, 0.3) is 0 Å². The second kappa shape index (κ2) is 9.27. The summed E-state index contributed by atoms with van der Waals surface area (Å²) >= 11 is 0. The van der Waals surface area contributed by atoms with Crippen LogP contribution in [0.2, 0.25) is 0 Å². The average Bonchev–Trinajstić information content (AvgIpc) is 3.33. The molecule has 13 heteroatoms. The lowest BCUT2D eigenvalue weighted by Crippen LogP contribution is -2.26. The van der Waals surface area contributed by atoms with E-state index in [9.17, 15) is 23.3 Å². The number of hydrogen-bond donors (Lipinski definition) is 2. The standard InChI is InChI=1S/C21H23N5O7S/c1-3-25-21(13(2)19(23-25)20(27)22-12-16-5-4-10-32-16)33-17-9-8-15(26(28)29)11-18(17)34(30,31)24-14-6-7-14/h4-5,8-11,14,24H,3,6-7,12H2,1-2H3,(H,22,27). The highest BCUT2D eigenvalue weighted by Gasteiger charge is 2.32. The van der Waals surface area contributed by atoms with Gasteiger partial charge in [0.25, 0.3) is 11.6 Å². The van der Waals surface area contributed by atoms with Crippen molar-refractivity contribution in [2.45, 2.75) is 50.7 Å². The first-order valence-electron chi connectivity index (χ1n) is 10.6. The summed E-state index contributed by atoms with van der Waals surface area (Å²) < 4.78 is 40.9. The molecule has 1 fully saturated rings. The molecular formula is C21H23N5O7S. The normalized spacial score (nSPS) is 13.6. The molecule has 0 spiro atoms. The number of hydrogen-bond acceptors (Lipinski definition) is 8. The van der Waals surface area contributed by atoms with Gasteiger partial charge in [-0.1, -0.05) is 0 Å². The molecule has 12 nitrogen and oxygen atoms in total. The number of ether oxygens (including phenoxy) is 1. The minimum atomic E-state index is -4.08. The second-order valence-corrected chi connectivity index (χ2v) is 9.42. The maximum absolute atomic E-state index is 12.9. The smallest absolute Gasteiger partial charge is 0.272 e. The van der Waals surface area contributed by atoms with Crippen molar-refractivity contribution in [1.29, 1.82) is 0 Å². The zero-order valence-corrected chi connectivity index (χ0v) is 19.3. The van der Waals surface area contributed by atoms with Crippen LogP contribution in [0.15, 0.2) is 45.9 Å². The highest BCUT2D eigenvalue weighted by atomic mass is 32.2. The lowest BCUT2D eigenvalue weighted by Gasteiger charge is -2.13. The van der Waals surface area contributed by atoms with Crippen molar-refractivity contribution in [3.8, 4) is 11.6 Å². The Morgan fingerprint density at radius 1 is 1.35 bits per heavy atom. The van der Waals surface area contributed by atoms with E-state index in [1.807, 2.05) is 0 Å². The lowest BCUT2D eigenvalue weighted by molar-refractivity contribution is -0.385. The summed E-state index contributed by atoms with van der Waals surface area (Å²) in [7, 11) is -4.08. The molecule has 3 aromatic rings. The van der Waals surface area contributed by atoms with Gasteiger partial charge in [-0.15, -0.1) is 0 Å². The van der Waals surface area contributed by atoms with E-state index in [1.54, 1.807) is 26.0 Å². The number of nitro benzene ring substituents is 1.